The molecule has 0 spiro atoms. The largest absolute Gasteiger partial charge is 0.508 e. The van der Waals surface area contributed by atoms with E-state index in [2.05, 4.69) is 16.0 Å². The lowest BCUT2D eigenvalue weighted by Gasteiger charge is -2.24. The first-order chi connectivity index (χ1) is 24.5. The third-order valence-corrected chi connectivity index (χ3v) is 8.21. The van der Waals surface area contributed by atoms with Crippen LogP contribution in [0.1, 0.15) is 52.1 Å². The predicted octanol–water partition coefficient (Wildman–Crippen LogP) is 4.62. The number of carbonyl (C=O) groups is 5. The van der Waals surface area contributed by atoms with Gasteiger partial charge in [0, 0.05) is 24.0 Å². The summed E-state index contributed by atoms with van der Waals surface area (Å²) in [4.78, 5) is 66.8. The molecule has 0 radical (unpaired) electrons. The van der Waals surface area contributed by atoms with Crippen LogP contribution in [0.15, 0.2) is 103 Å². The van der Waals surface area contributed by atoms with Crippen LogP contribution in [0.5, 0.6) is 5.75 Å². The standard InChI is InChI=1S/C40H43N3O8/c1-25(2)22-34(39(48)50-3)43-38(47)33(23-26-12-6-5-7-13-26)41-36(45)31-16-10-8-14-29(31)30-15-9-11-17-32(30)37(46)42-35(40(49)51-4)24-27-18-20-28(44)21-19-27/h5-21,25,33-35,44H,22-24H2,1-4H3,(H,41,45)(H,42,46)(H,43,47)/t33-,34-,35-/m0/s1. The van der Waals surface area contributed by atoms with Crippen molar-refractivity contribution in [3.05, 3.63) is 125 Å². The lowest BCUT2D eigenvalue weighted by atomic mass is 9.94. The monoisotopic (exact) mass is 693 g/mol. The van der Waals surface area contributed by atoms with Crippen molar-refractivity contribution < 1.29 is 38.6 Å². The summed E-state index contributed by atoms with van der Waals surface area (Å²) < 4.78 is 9.88. The Morgan fingerprint density at radius 3 is 1.55 bits per heavy atom. The van der Waals surface area contributed by atoms with E-state index in [-0.39, 0.29) is 35.6 Å². The lowest BCUT2D eigenvalue weighted by molar-refractivity contribution is -0.145. The van der Waals surface area contributed by atoms with E-state index in [1.807, 2.05) is 44.2 Å². The predicted molar refractivity (Wildman–Crippen MR) is 192 cm³/mol. The summed E-state index contributed by atoms with van der Waals surface area (Å²) in [7, 11) is 2.48. The van der Waals surface area contributed by atoms with Gasteiger partial charge in [-0.2, -0.15) is 0 Å². The first kappa shape index (κ1) is 37.8. The highest BCUT2D eigenvalue weighted by atomic mass is 16.5. The number of benzene rings is 4. The summed E-state index contributed by atoms with van der Waals surface area (Å²) >= 11 is 0. The number of hydrogen-bond donors (Lipinski definition) is 4. The van der Waals surface area contributed by atoms with Crippen LogP contribution in [0.25, 0.3) is 11.1 Å². The number of amides is 3. The van der Waals surface area contributed by atoms with Gasteiger partial charge in [-0.25, -0.2) is 9.59 Å². The SMILES string of the molecule is COC(=O)[C@H](Cc1ccc(O)cc1)NC(=O)c1ccccc1-c1ccccc1C(=O)N[C@@H](Cc1ccccc1)C(=O)N[C@@H](CC(C)C)C(=O)OC. The molecule has 266 valence electrons. The highest BCUT2D eigenvalue weighted by molar-refractivity contribution is 6.08. The maximum Gasteiger partial charge on any atom is 0.328 e. The van der Waals surface area contributed by atoms with E-state index in [1.165, 1.54) is 26.4 Å². The third kappa shape index (κ3) is 10.5. The summed E-state index contributed by atoms with van der Waals surface area (Å²) in [5.74, 6) is -2.79. The number of rotatable bonds is 15. The third-order valence-electron chi connectivity index (χ3n) is 8.21. The van der Waals surface area contributed by atoms with Crippen LogP contribution < -0.4 is 16.0 Å². The Balaban J connectivity index is 1.63. The fourth-order valence-corrected chi connectivity index (χ4v) is 5.67. The van der Waals surface area contributed by atoms with Crippen molar-refractivity contribution in [2.45, 2.75) is 51.2 Å². The van der Waals surface area contributed by atoms with Crippen molar-refractivity contribution in [1.29, 1.82) is 0 Å². The molecule has 0 aromatic heterocycles. The Morgan fingerprint density at radius 1 is 0.569 bits per heavy atom. The van der Waals surface area contributed by atoms with Gasteiger partial charge in [0.05, 0.1) is 14.2 Å². The van der Waals surface area contributed by atoms with Gasteiger partial charge in [-0.05, 0) is 58.9 Å². The van der Waals surface area contributed by atoms with Gasteiger partial charge in [0.1, 0.15) is 23.9 Å². The molecular formula is C40H43N3O8. The smallest absolute Gasteiger partial charge is 0.328 e. The first-order valence-electron chi connectivity index (χ1n) is 16.6. The first-order valence-corrected chi connectivity index (χ1v) is 16.6. The Labute approximate surface area is 297 Å². The quantitative estimate of drug-likeness (QED) is 0.131. The molecule has 51 heavy (non-hydrogen) atoms. The number of carbonyl (C=O) groups excluding carboxylic acids is 5. The Bertz CT molecular complexity index is 1830. The van der Waals surface area contributed by atoms with Crippen LogP contribution in [0, 0.1) is 5.92 Å². The molecule has 0 aliphatic heterocycles. The number of aromatic hydroxyl groups is 1. The van der Waals surface area contributed by atoms with E-state index >= 15 is 0 Å². The van der Waals surface area contributed by atoms with Gasteiger partial charge in [-0.15, -0.1) is 0 Å². The lowest BCUT2D eigenvalue weighted by Crippen LogP contribution is -2.53. The summed E-state index contributed by atoms with van der Waals surface area (Å²) in [5.41, 5.74) is 2.71. The Kier molecular flexibility index (Phi) is 13.5. The molecule has 0 saturated heterocycles. The van der Waals surface area contributed by atoms with Crippen molar-refractivity contribution in [3.8, 4) is 16.9 Å². The van der Waals surface area contributed by atoms with Crippen molar-refractivity contribution >= 4 is 29.7 Å². The summed E-state index contributed by atoms with van der Waals surface area (Å²) in [5, 5.41) is 18.0. The molecule has 0 fully saturated rings. The minimum atomic E-state index is -1.06. The molecule has 3 amide bonds. The molecule has 0 saturated carbocycles. The summed E-state index contributed by atoms with van der Waals surface area (Å²) in [6.07, 6.45) is 0.599. The number of phenolic OH excluding ortho intramolecular Hbond substituents is 1. The van der Waals surface area contributed by atoms with Gasteiger partial charge in [0.2, 0.25) is 5.91 Å². The molecule has 4 aromatic carbocycles. The van der Waals surface area contributed by atoms with Gasteiger partial charge >= 0.3 is 11.9 Å². The highest BCUT2D eigenvalue weighted by Gasteiger charge is 2.30. The van der Waals surface area contributed by atoms with Crippen molar-refractivity contribution in [2.75, 3.05) is 14.2 Å². The maximum absolute atomic E-state index is 14.0. The molecule has 11 heteroatoms. The normalized spacial score (nSPS) is 12.6. The summed E-state index contributed by atoms with van der Waals surface area (Å²) in [6.45, 7) is 3.84. The molecule has 0 heterocycles. The number of esters is 2. The molecule has 0 bridgehead atoms. The number of phenols is 1. The maximum atomic E-state index is 14.0. The van der Waals surface area contributed by atoms with E-state index in [0.29, 0.717) is 23.1 Å². The van der Waals surface area contributed by atoms with E-state index in [0.717, 1.165) is 5.56 Å². The fourth-order valence-electron chi connectivity index (χ4n) is 5.67. The Hall–Kier alpha value is -5.97. The number of ether oxygens (including phenoxy) is 2. The van der Waals surface area contributed by atoms with Gasteiger partial charge in [0.15, 0.2) is 0 Å². The minimum absolute atomic E-state index is 0.0672. The minimum Gasteiger partial charge on any atom is -0.508 e. The second-order valence-corrected chi connectivity index (χ2v) is 12.4. The van der Waals surface area contributed by atoms with Crippen LogP contribution in [0.4, 0.5) is 0 Å². The molecule has 0 aliphatic carbocycles. The summed E-state index contributed by atoms with van der Waals surface area (Å²) in [6, 6.07) is 25.8. The molecule has 0 aliphatic rings. The van der Waals surface area contributed by atoms with E-state index < -0.39 is 47.8 Å². The van der Waals surface area contributed by atoms with Crippen molar-refractivity contribution in [2.24, 2.45) is 5.92 Å². The van der Waals surface area contributed by atoms with Crippen LogP contribution in [-0.4, -0.2) is 67.1 Å². The van der Waals surface area contributed by atoms with Crippen LogP contribution in [0.2, 0.25) is 0 Å². The molecule has 4 rings (SSSR count). The van der Waals surface area contributed by atoms with Crippen molar-refractivity contribution in [1.82, 2.24) is 16.0 Å². The van der Waals surface area contributed by atoms with Gasteiger partial charge in [-0.3, -0.25) is 14.4 Å². The highest BCUT2D eigenvalue weighted by Crippen LogP contribution is 2.28. The van der Waals surface area contributed by atoms with E-state index in [4.69, 9.17) is 9.47 Å². The van der Waals surface area contributed by atoms with Gasteiger partial charge < -0.3 is 30.5 Å². The molecule has 3 atom stereocenters. The molecule has 11 nitrogen and oxygen atoms in total. The van der Waals surface area contributed by atoms with Crippen LogP contribution in [-0.2, 0) is 36.7 Å². The van der Waals surface area contributed by atoms with Crippen LogP contribution in [0.3, 0.4) is 0 Å². The zero-order valence-electron chi connectivity index (χ0n) is 29.1. The second-order valence-electron chi connectivity index (χ2n) is 12.4. The average Bonchev–Trinajstić information content (AvgIpc) is 3.14. The zero-order valence-corrected chi connectivity index (χ0v) is 29.1. The second kappa shape index (κ2) is 18.1. The fraction of sp³-hybridized carbons (Fsp3) is 0.275. The molecular weight excluding hydrogens is 650 g/mol. The zero-order chi connectivity index (χ0) is 36.9. The van der Waals surface area contributed by atoms with E-state index in [1.54, 1.807) is 60.7 Å². The number of hydrogen-bond acceptors (Lipinski definition) is 8. The van der Waals surface area contributed by atoms with E-state index in [9.17, 15) is 29.1 Å². The average molecular weight is 694 g/mol. The van der Waals surface area contributed by atoms with Crippen LogP contribution >= 0.6 is 0 Å². The van der Waals surface area contributed by atoms with Gasteiger partial charge in [0.25, 0.3) is 11.8 Å². The molecule has 0 unspecified atom stereocenters. The number of methoxy groups -OCH3 is 2. The van der Waals surface area contributed by atoms with Gasteiger partial charge in [-0.1, -0.05) is 92.7 Å². The Morgan fingerprint density at radius 2 is 1.02 bits per heavy atom. The number of nitrogens with one attached hydrogen (secondary N) is 3. The molecule has 4 N–H and O–H groups in total. The molecule has 4 aromatic rings. The van der Waals surface area contributed by atoms with Crippen molar-refractivity contribution in [3.63, 3.8) is 0 Å². The topological polar surface area (TPSA) is 160 Å².